The summed E-state index contributed by atoms with van der Waals surface area (Å²) in [5.74, 6) is -0.740. The van der Waals surface area contributed by atoms with E-state index in [1.807, 2.05) is 30.3 Å². The average molecular weight is 363 g/mol. The molecule has 1 aliphatic heterocycles. The highest BCUT2D eigenvalue weighted by Crippen LogP contribution is 2.15. The molecular formula is C17H21N3O4S. The minimum absolute atomic E-state index is 0.425. The number of imide groups is 2. The molecule has 25 heavy (non-hydrogen) atoms. The first-order valence-electron chi connectivity index (χ1n) is 7.99. The SMILES string of the molecule is CC(C)N1C(=O)C(=O)N(CC(=O)NCCSCc2ccccc2)C1=O. The van der Waals surface area contributed by atoms with Gasteiger partial charge in [-0.05, 0) is 19.4 Å². The molecule has 0 unspecified atom stereocenters. The minimum atomic E-state index is -0.952. The fourth-order valence-corrected chi connectivity index (χ4v) is 3.16. The molecule has 0 saturated carbocycles. The quantitative estimate of drug-likeness (QED) is 0.427. The van der Waals surface area contributed by atoms with Gasteiger partial charge in [0.05, 0.1) is 0 Å². The van der Waals surface area contributed by atoms with E-state index in [1.54, 1.807) is 25.6 Å². The third kappa shape index (κ3) is 4.82. The lowest BCUT2D eigenvalue weighted by atomic mass is 10.2. The van der Waals surface area contributed by atoms with Crippen molar-refractivity contribution in [2.75, 3.05) is 18.8 Å². The van der Waals surface area contributed by atoms with E-state index in [1.165, 1.54) is 5.56 Å². The van der Waals surface area contributed by atoms with Crippen molar-refractivity contribution < 1.29 is 19.2 Å². The Balaban J connectivity index is 1.72. The van der Waals surface area contributed by atoms with Crippen molar-refractivity contribution in [2.24, 2.45) is 0 Å². The summed E-state index contributed by atoms with van der Waals surface area (Å²) in [5, 5.41) is 2.66. The number of carbonyl (C=O) groups excluding carboxylic acids is 4. The molecule has 1 fully saturated rings. The first-order valence-corrected chi connectivity index (χ1v) is 9.14. The molecule has 5 amide bonds. The number of hydrogen-bond acceptors (Lipinski definition) is 5. The van der Waals surface area contributed by atoms with E-state index in [4.69, 9.17) is 0 Å². The summed E-state index contributed by atoms with van der Waals surface area (Å²) in [6.07, 6.45) is 0. The molecule has 0 aliphatic carbocycles. The molecule has 0 bridgehead atoms. The van der Waals surface area contributed by atoms with Crippen LogP contribution in [0.2, 0.25) is 0 Å². The summed E-state index contributed by atoms with van der Waals surface area (Å²) >= 11 is 1.67. The summed E-state index contributed by atoms with van der Waals surface area (Å²) in [6.45, 7) is 3.26. The monoisotopic (exact) mass is 363 g/mol. The molecule has 8 heteroatoms. The molecular weight excluding hydrogens is 342 g/mol. The summed E-state index contributed by atoms with van der Waals surface area (Å²) in [4.78, 5) is 49.1. The number of carbonyl (C=O) groups is 4. The van der Waals surface area contributed by atoms with Gasteiger partial charge in [-0.2, -0.15) is 11.8 Å². The maximum Gasteiger partial charge on any atom is 0.334 e. The summed E-state index contributed by atoms with van der Waals surface area (Å²) < 4.78 is 0. The maximum absolute atomic E-state index is 12.1. The first kappa shape index (κ1) is 19.0. The highest BCUT2D eigenvalue weighted by Gasteiger charge is 2.46. The van der Waals surface area contributed by atoms with E-state index < -0.39 is 36.3 Å². The second-order valence-corrected chi connectivity index (χ2v) is 6.94. The number of nitrogens with one attached hydrogen (secondary N) is 1. The Kier molecular flexibility index (Phi) is 6.58. The van der Waals surface area contributed by atoms with E-state index in [2.05, 4.69) is 5.32 Å². The number of nitrogens with zero attached hydrogens (tertiary/aromatic N) is 2. The van der Waals surface area contributed by atoms with Gasteiger partial charge in [0, 0.05) is 24.1 Å². The third-order valence-corrected chi connectivity index (χ3v) is 4.61. The second kappa shape index (κ2) is 8.66. The van der Waals surface area contributed by atoms with E-state index in [-0.39, 0.29) is 0 Å². The highest BCUT2D eigenvalue weighted by atomic mass is 32.2. The molecule has 0 atom stereocenters. The molecule has 1 aliphatic rings. The molecule has 1 heterocycles. The molecule has 1 aromatic rings. The number of rotatable bonds is 8. The van der Waals surface area contributed by atoms with Gasteiger partial charge in [-0.25, -0.2) is 9.69 Å². The molecule has 1 saturated heterocycles. The van der Waals surface area contributed by atoms with Crippen LogP contribution in [0.1, 0.15) is 19.4 Å². The summed E-state index contributed by atoms with van der Waals surface area (Å²) in [7, 11) is 0. The Morgan fingerprint density at radius 2 is 1.80 bits per heavy atom. The third-order valence-electron chi connectivity index (χ3n) is 3.58. The fourth-order valence-electron chi connectivity index (χ4n) is 2.34. The predicted molar refractivity (Wildman–Crippen MR) is 94.7 cm³/mol. The summed E-state index contributed by atoms with van der Waals surface area (Å²) in [5.41, 5.74) is 1.21. The smallest absolute Gasteiger partial charge is 0.334 e. The second-order valence-electron chi connectivity index (χ2n) is 5.83. The fraction of sp³-hybridized carbons (Fsp3) is 0.412. The maximum atomic E-state index is 12.1. The zero-order chi connectivity index (χ0) is 18.4. The van der Waals surface area contributed by atoms with Gasteiger partial charge in [0.1, 0.15) is 6.54 Å². The minimum Gasteiger partial charge on any atom is -0.354 e. The molecule has 1 aromatic carbocycles. The lowest BCUT2D eigenvalue weighted by molar-refractivity contribution is -0.144. The summed E-state index contributed by atoms with van der Waals surface area (Å²) in [6, 6.07) is 8.82. The Bertz CT molecular complexity index is 663. The van der Waals surface area contributed by atoms with Gasteiger partial charge in [-0.3, -0.25) is 19.3 Å². The largest absolute Gasteiger partial charge is 0.354 e. The van der Waals surface area contributed by atoms with Gasteiger partial charge in [-0.15, -0.1) is 0 Å². The molecule has 1 N–H and O–H groups in total. The molecule has 7 nitrogen and oxygen atoms in total. The van der Waals surface area contributed by atoms with Crippen molar-refractivity contribution in [1.29, 1.82) is 0 Å². The molecule has 2 rings (SSSR count). The van der Waals surface area contributed by atoms with Crippen LogP contribution in [0.3, 0.4) is 0 Å². The van der Waals surface area contributed by atoms with Gasteiger partial charge in [-0.1, -0.05) is 30.3 Å². The number of thioether (sulfide) groups is 1. The molecule has 0 aromatic heterocycles. The lowest BCUT2D eigenvalue weighted by Gasteiger charge is -2.18. The van der Waals surface area contributed by atoms with Crippen molar-refractivity contribution in [3.63, 3.8) is 0 Å². The number of amides is 5. The van der Waals surface area contributed by atoms with Crippen molar-refractivity contribution in [3.8, 4) is 0 Å². The van der Waals surface area contributed by atoms with Crippen molar-refractivity contribution in [3.05, 3.63) is 35.9 Å². The zero-order valence-corrected chi connectivity index (χ0v) is 15.0. The van der Waals surface area contributed by atoms with Crippen LogP contribution in [0.4, 0.5) is 4.79 Å². The van der Waals surface area contributed by atoms with Gasteiger partial charge in [0.25, 0.3) is 0 Å². The van der Waals surface area contributed by atoms with Gasteiger partial charge < -0.3 is 5.32 Å². The Labute approximate surface area is 150 Å². The van der Waals surface area contributed by atoms with Gasteiger partial charge >= 0.3 is 17.8 Å². The number of hydrogen-bond donors (Lipinski definition) is 1. The van der Waals surface area contributed by atoms with Crippen LogP contribution in [0.15, 0.2) is 30.3 Å². The van der Waals surface area contributed by atoms with Crippen molar-refractivity contribution in [2.45, 2.75) is 25.6 Å². The first-order chi connectivity index (χ1) is 11.9. The molecule has 0 radical (unpaired) electrons. The average Bonchev–Trinajstić information content (AvgIpc) is 2.79. The van der Waals surface area contributed by atoms with Gasteiger partial charge in [0.15, 0.2) is 0 Å². The highest BCUT2D eigenvalue weighted by molar-refractivity contribution is 7.98. The Morgan fingerprint density at radius 1 is 1.12 bits per heavy atom. The van der Waals surface area contributed by atoms with Crippen LogP contribution in [0.25, 0.3) is 0 Å². The van der Waals surface area contributed by atoms with Crippen molar-refractivity contribution >= 4 is 35.5 Å². The zero-order valence-electron chi connectivity index (χ0n) is 14.2. The predicted octanol–water partition coefficient (Wildman–Crippen LogP) is 1.24. The molecule has 0 spiro atoms. The topological polar surface area (TPSA) is 86.8 Å². The normalized spacial score (nSPS) is 14.6. The molecule has 134 valence electrons. The van der Waals surface area contributed by atoms with E-state index >= 15 is 0 Å². The van der Waals surface area contributed by atoms with Crippen LogP contribution in [-0.4, -0.2) is 58.4 Å². The number of benzene rings is 1. The lowest BCUT2D eigenvalue weighted by Crippen LogP contribution is -2.42. The van der Waals surface area contributed by atoms with Gasteiger partial charge in [0.2, 0.25) is 5.91 Å². The van der Waals surface area contributed by atoms with E-state index in [0.717, 1.165) is 10.7 Å². The van der Waals surface area contributed by atoms with Crippen LogP contribution in [0.5, 0.6) is 0 Å². The Morgan fingerprint density at radius 3 is 2.40 bits per heavy atom. The van der Waals surface area contributed by atoms with E-state index in [0.29, 0.717) is 17.2 Å². The van der Waals surface area contributed by atoms with Crippen LogP contribution in [0, 0.1) is 0 Å². The van der Waals surface area contributed by atoms with Crippen molar-refractivity contribution in [1.82, 2.24) is 15.1 Å². The Hall–Kier alpha value is -2.35. The van der Waals surface area contributed by atoms with Crippen LogP contribution in [-0.2, 0) is 20.1 Å². The number of urea groups is 1. The van der Waals surface area contributed by atoms with Crippen LogP contribution < -0.4 is 5.32 Å². The van der Waals surface area contributed by atoms with Crippen LogP contribution >= 0.6 is 11.8 Å². The standard InChI is InChI=1S/C17H21N3O4S/c1-12(2)20-16(23)15(22)19(17(20)24)10-14(21)18-8-9-25-11-13-6-4-3-5-7-13/h3-7,12H,8-11H2,1-2H3,(H,18,21). The van der Waals surface area contributed by atoms with E-state index in [9.17, 15) is 19.2 Å².